The van der Waals surface area contributed by atoms with Crippen LogP contribution in [0.25, 0.3) is 5.57 Å². The minimum absolute atomic E-state index is 0. The van der Waals surface area contributed by atoms with Crippen LogP contribution in [0.3, 0.4) is 0 Å². The molecule has 3 heterocycles. The number of anilines is 1. The maximum absolute atomic E-state index is 12.8. The van der Waals surface area contributed by atoms with Gasteiger partial charge in [0.2, 0.25) is 0 Å². The number of β-lactam (4-membered cyclic amide) rings is 1. The predicted molar refractivity (Wildman–Crippen MR) is 116 cm³/mol. The molecule has 3 rings (SSSR count). The number of nitrogens with one attached hydrogen (secondary N) is 1. The molecule has 0 spiro atoms. The van der Waals surface area contributed by atoms with Crippen molar-refractivity contribution in [3.8, 4) is 0 Å². The van der Waals surface area contributed by atoms with E-state index in [1.54, 1.807) is 11.5 Å². The molecular weight excluding hydrogens is 457 g/mol. The number of allylic oxidation sites excluding steroid dienone is 1. The molecule has 0 bridgehead atoms. The monoisotopic (exact) mass is 476 g/mol. The molecule has 1 fully saturated rings. The van der Waals surface area contributed by atoms with E-state index in [1.165, 1.54) is 23.1 Å². The van der Waals surface area contributed by atoms with E-state index in [1.807, 2.05) is 6.92 Å². The number of carboxylic acids is 1. The first-order chi connectivity index (χ1) is 14.2. The van der Waals surface area contributed by atoms with Crippen molar-refractivity contribution >= 4 is 87.2 Å². The second kappa shape index (κ2) is 10.5. The molecule has 6 N–H and O–H groups in total. The van der Waals surface area contributed by atoms with Gasteiger partial charge in [-0.05, 0) is 6.42 Å². The zero-order chi connectivity index (χ0) is 22.0. The van der Waals surface area contributed by atoms with Gasteiger partial charge in [0.05, 0.1) is 11.3 Å². The Bertz CT molecular complexity index is 978. The van der Waals surface area contributed by atoms with Crippen LogP contribution in [0.1, 0.15) is 19.0 Å². The molecule has 2 aliphatic heterocycles. The Balaban J connectivity index is 0.00000341. The summed E-state index contributed by atoms with van der Waals surface area (Å²) in [6.45, 7) is 1.53. The van der Waals surface area contributed by atoms with E-state index < -0.39 is 35.3 Å². The third-order valence-electron chi connectivity index (χ3n) is 4.38. The number of nitrogens with two attached hydrogens (primary N) is 2. The van der Waals surface area contributed by atoms with Crippen molar-refractivity contribution in [1.29, 1.82) is 0 Å². The van der Waals surface area contributed by atoms with Crippen LogP contribution in [0.2, 0.25) is 0 Å². The van der Waals surface area contributed by atoms with Crippen LogP contribution < -0.4 is 16.8 Å². The van der Waals surface area contributed by atoms with Crippen molar-refractivity contribution in [1.82, 2.24) is 15.2 Å². The average Bonchev–Trinajstić information content (AvgIpc) is 3.13. The number of rotatable bonds is 7. The largest absolute Gasteiger partial charge is 0.477 e. The van der Waals surface area contributed by atoms with Crippen molar-refractivity contribution < 1.29 is 29.0 Å². The van der Waals surface area contributed by atoms with Crippen molar-refractivity contribution in [2.45, 2.75) is 24.8 Å². The van der Waals surface area contributed by atoms with Crippen LogP contribution >= 0.6 is 23.1 Å². The van der Waals surface area contributed by atoms with E-state index >= 15 is 0 Å². The molecule has 3 amide bonds. The molecule has 1 radical (unpaired) electrons. The van der Waals surface area contributed by atoms with Crippen LogP contribution in [-0.2, 0) is 19.1 Å². The molecule has 2 atom stereocenters. The molecule has 2 aliphatic rings. The van der Waals surface area contributed by atoms with Gasteiger partial charge in [0.15, 0.2) is 5.13 Å². The van der Waals surface area contributed by atoms with E-state index in [0.717, 1.165) is 4.90 Å². The first kappa shape index (κ1) is 25.2. The number of nitrogens with zero attached hydrogens (tertiary/aromatic N) is 2. The van der Waals surface area contributed by atoms with Gasteiger partial charge in [0.25, 0.3) is 11.8 Å². The molecule has 1 aromatic rings. The summed E-state index contributed by atoms with van der Waals surface area (Å²) in [5.41, 5.74) is 11.3. The molecule has 14 heteroatoms. The SMILES string of the molecule is CC/C=C(\C(=O)N[C@@H]1C(=O)N2C(C(=O)O)=C(COC(N)=O)CS[C@H]12)c1csc(N)n1.[Na]. The Kier molecular flexibility index (Phi) is 8.54. The van der Waals surface area contributed by atoms with Crippen LogP contribution in [0.15, 0.2) is 22.7 Å². The van der Waals surface area contributed by atoms with E-state index in [0.29, 0.717) is 22.8 Å². The number of ether oxygens (including phenoxy) is 1. The maximum Gasteiger partial charge on any atom is 0.404 e. The standard InChI is InChI=1S/C17H19N5O6S2.Na/c1-2-3-8(9-6-30-16(18)20-9)12(23)21-10-13(24)22-11(15(25)26)7(4-28-17(19)27)5-29-14(10)22;/h3,6,10,14H,2,4-5H2,1H3,(H2,18,20)(H2,19,27)(H,21,23)(H,25,26);/b8-3-;/t10-,14-;/m1./s1. The van der Waals surface area contributed by atoms with Gasteiger partial charge in [-0.25, -0.2) is 14.6 Å². The number of amides is 3. The van der Waals surface area contributed by atoms with Crippen molar-refractivity contribution in [3.63, 3.8) is 0 Å². The predicted octanol–water partition coefficient (Wildman–Crippen LogP) is -0.0282. The fourth-order valence-electron chi connectivity index (χ4n) is 3.10. The normalized spacial score (nSPS) is 20.4. The van der Waals surface area contributed by atoms with Crippen LogP contribution in [0, 0.1) is 0 Å². The zero-order valence-corrected chi connectivity index (χ0v) is 20.4. The first-order valence-corrected chi connectivity index (χ1v) is 10.7. The molecule has 0 aromatic carbocycles. The Morgan fingerprint density at radius 3 is 2.71 bits per heavy atom. The van der Waals surface area contributed by atoms with Crippen LogP contribution in [0.4, 0.5) is 9.93 Å². The molecule has 0 unspecified atom stereocenters. The third-order valence-corrected chi connectivity index (χ3v) is 6.39. The summed E-state index contributed by atoms with van der Waals surface area (Å²) in [5, 5.41) is 13.6. The number of carbonyl (C=O) groups is 4. The number of aliphatic carboxylic acids is 1. The topological polar surface area (TPSA) is 178 Å². The Labute approximate surface area is 207 Å². The van der Waals surface area contributed by atoms with Gasteiger partial charge in [0.1, 0.15) is 23.7 Å². The first-order valence-electron chi connectivity index (χ1n) is 8.79. The van der Waals surface area contributed by atoms with Gasteiger partial charge in [-0.3, -0.25) is 14.5 Å². The van der Waals surface area contributed by atoms with E-state index in [4.69, 9.17) is 11.5 Å². The number of aromatic nitrogens is 1. The van der Waals surface area contributed by atoms with Crippen molar-refractivity contribution in [2.24, 2.45) is 5.73 Å². The fraction of sp³-hybridized carbons (Fsp3) is 0.353. The molecule has 1 aromatic heterocycles. The van der Waals surface area contributed by atoms with Gasteiger partial charge >= 0.3 is 12.1 Å². The van der Waals surface area contributed by atoms with E-state index in [9.17, 15) is 24.3 Å². The number of hydrogen-bond donors (Lipinski definition) is 4. The molecule has 161 valence electrons. The van der Waals surface area contributed by atoms with Gasteiger partial charge in [-0.1, -0.05) is 13.0 Å². The Morgan fingerprint density at radius 2 is 2.16 bits per heavy atom. The Hall–Kier alpha value is -2.06. The van der Waals surface area contributed by atoms with Crippen molar-refractivity contribution in [2.75, 3.05) is 18.1 Å². The average molecular weight is 476 g/mol. The Morgan fingerprint density at radius 1 is 1.45 bits per heavy atom. The summed E-state index contributed by atoms with van der Waals surface area (Å²) in [7, 11) is 0. The third kappa shape index (κ3) is 5.23. The van der Waals surface area contributed by atoms with E-state index in [-0.39, 0.29) is 53.2 Å². The fourth-order valence-corrected chi connectivity index (χ4v) is 4.99. The van der Waals surface area contributed by atoms with Crippen molar-refractivity contribution in [3.05, 3.63) is 28.4 Å². The number of nitrogen functional groups attached to an aromatic ring is 1. The molecule has 31 heavy (non-hydrogen) atoms. The minimum Gasteiger partial charge on any atom is -0.477 e. The molecule has 0 aliphatic carbocycles. The summed E-state index contributed by atoms with van der Waals surface area (Å²) in [6.07, 6.45) is 1.20. The number of fused-ring (bicyclic) bond motifs is 1. The van der Waals surface area contributed by atoms with Gasteiger partial charge in [0, 0.05) is 46.3 Å². The summed E-state index contributed by atoms with van der Waals surface area (Å²) in [4.78, 5) is 53.2. The maximum atomic E-state index is 12.8. The quantitative estimate of drug-likeness (QED) is 0.239. The molecular formula is C17H19N5NaO6S2. The van der Waals surface area contributed by atoms with E-state index in [2.05, 4.69) is 15.0 Å². The second-order valence-corrected chi connectivity index (χ2v) is 8.32. The van der Waals surface area contributed by atoms with Crippen LogP contribution in [0.5, 0.6) is 0 Å². The number of thiazole rings is 1. The summed E-state index contributed by atoms with van der Waals surface area (Å²) in [5.74, 6) is -2.19. The summed E-state index contributed by atoms with van der Waals surface area (Å²) >= 11 is 2.45. The molecule has 11 nitrogen and oxygen atoms in total. The van der Waals surface area contributed by atoms with Gasteiger partial charge < -0.3 is 26.6 Å². The second-order valence-electron chi connectivity index (χ2n) is 6.32. The van der Waals surface area contributed by atoms with Gasteiger partial charge in [-0.2, -0.15) is 0 Å². The summed E-state index contributed by atoms with van der Waals surface area (Å²) < 4.78 is 4.68. The number of carbonyl (C=O) groups excluding carboxylic acids is 3. The number of carboxylic acid groups (broad SMARTS) is 1. The zero-order valence-electron chi connectivity index (χ0n) is 16.8. The van der Waals surface area contributed by atoms with Gasteiger partial charge in [-0.15, -0.1) is 23.1 Å². The smallest absolute Gasteiger partial charge is 0.404 e. The summed E-state index contributed by atoms with van der Waals surface area (Å²) in [6, 6.07) is -0.897. The minimum atomic E-state index is -1.33. The molecule has 0 saturated carbocycles. The number of hydrogen-bond acceptors (Lipinski definition) is 9. The number of primary amides is 1. The molecule has 1 saturated heterocycles. The van der Waals surface area contributed by atoms with Crippen LogP contribution in [-0.4, -0.2) is 92.2 Å². The number of thioether (sulfide) groups is 1.